The number of ether oxygens (including phenoxy) is 1. The largest absolute Gasteiger partial charge is 0.450 e. The third-order valence-corrected chi connectivity index (χ3v) is 5.55. The number of quaternary nitrogens is 1. The summed E-state index contributed by atoms with van der Waals surface area (Å²) in [6.07, 6.45) is -0.258. The van der Waals surface area contributed by atoms with Crippen LogP contribution in [0.3, 0.4) is 0 Å². The van der Waals surface area contributed by atoms with Crippen molar-refractivity contribution in [3.63, 3.8) is 0 Å². The number of piperazine rings is 1. The molecule has 0 aromatic heterocycles. The first-order chi connectivity index (χ1) is 13.6. The molecule has 28 heavy (non-hydrogen) atoms. The first-order valence-electron chi connectivity index (χ1n) is 10.1. The lowest BCUT2D eigenvalue weighted by Gasteiger charge is -2.36. The monoisotopic (exact) mass is 384 g/mol. The Morgan fingerprint density at radius 3 is 2.46 bits per heavy atom. The summed E-state index contributed by atoms with van der Waals surface area (Å²) in [6.45, 7) is 9.56. The van der Waals surface area contributed by atoms with E-state index < -0.39 is 0 Å². The zero-order valence-electron chi connectivity index (χ0n) is 17.0. The molecule has 1 fully saturated rings. The third kappa shape index (κ3) is 4.12. The summed E-state index contributed by atoms with van der Waals surface area (Å²) in [7, 11) is 0. The lowest BCUT2D eigenvalue weighted by molar-refractivity contribution is -0.917. The number of hydrogen-bond donors (Lipinski definition) is 1. The van der Waals surface area contributed by atoms with Crippen LogP contribution < -0.4 is 9.80 Å². The van der Waals surface area contributed by atoms with Gasteiger partial charge in [0.1, 0.15) is 0 Å². The van der Waals surface area contributed by atoms with E-state index in [1.165, 1.54) is 4.90 Å². The smallest absolute Gasteiger partial charge is 0.410 e. The molecule has 0 spiro atoms. The van der Waals surface area contributed by atoms with E-state index in [9.17, 15) is 9.59 Å². The van der Waals surface area contributed by atoms with Crippen LogP contribution in [0.1, 0.15) is 20.8 Å². The number of nitrogens with one attached hydrogen (secondary N) is 1. The van der Waals surface area contributed by atoms with Crippen molar-refractivity contribution in [2.75, 3.05) is 44.2 Å². The zero-order chi connectivity index (χ0) is 20.1. The van der Waals surface area contributed by atoms with Gasteiger partial charge in [0, 0.05) is 11.9 Å². The highest BCUT2D eigenvalue weighted by Gasteiger charge is 2.34. The van der Waals surface area contributed by atoms with Gasteiger partial charge in [0.15, 0.2) is 6.04 Å². The molecule has 0 aliphatic carbocycles. The van der Waals surface area contributed by atoms with Crippen molar-refractivity contribution < 1.29 is 19.2 Å². The molecule has 3 rings (SSSR count). The van der Waals surface area contributed by atoms with Crippen molar-refractivity contribution in [2.45, 2.75) is 26.8 Å². The summed E-state index contributed by atoms with van der Waals surface area (Å²) in [4.78, 5) is 30.1. The Bertz CT molecular complexity index is 825. The molecule has 1 heterocycles. The molecule has 2 amide bonds. The van der Waals surface area contributed by atoms with Crippen molar-refractivity contribution in [2.24, 2.45) is 0 Å². The Balaban J connectivity index is 1.72. The normalized spacial score (nSPS) is 16.0. The number of anilines is 1. The van der Waals surface area contributed by atoms with Gasteiger partial charge >= 0.3 is 6.09 Å². The average molecular weight is 385 g/mol. The molecule has 1 atom stereocenters. The van der Waals surface area contributed by atoms with Gasteiger partial charge in [-0.2, -0.15) is 0 Å². The van der Waals surface area contributed by atoms with Crippen LogP contribution in [0.4, 0.5) is 10.5 Å². The van der Waals surface area contributed by atoms with Crippen molar-refractivity contribution in [1.29, 1.82) is 0 Å². The van der Waals surface area contributed by atoms with E-state index in [1.807, 2.05) is 49.9 Å². The molecule has 0 saturated carbocycles. The van der Waals surface area contributed by atoms with E-state index in [1.54, 1.807) is 4.90 Å². The van der Waals surface area contributed by atoms with Crippen LogP contribution in [0.5, 0.6) is 0 Å². The summed E-state index contributed by atoms with van der Waals surface area (Å²) in [5.74, 6) is 0.124. The minimum atomic E-state index is -0.258. The fourth-order valence-corrected chi connectivity index (χ4v) is 3.92. The topological polar surface area (TPSA) is 54.3 Å². The second-order valence-corrected chi connectivity index (χ2v) is 7.15. The highest BCUT2D eigenvalue weighted by atomic mass is 16.6. The van der Waals surface area contributed by atoms with E-state index in [-0.39, 0.29) is 18.0 Å². The van der Waals surface area contributed by atoms with Gasteiger partial charge in [0.2, 0.25) is 0 Å². The van der Waals surface area contributed by atoms with Gasteiger partial charge in [0.25, 0.3) is 5.91 Å². The lowest BCUT2D eigenvalue weighted by atomic mass is 10.1. The van der Waals surface area contributed by atoms with Crippen LogP contribution in [0.15, 0.2) is 42.5 Å². The van der Waals surface area contributed by atoms with Gasteiger partial charge in [-0.3, -0.25) is 9.69 Å². The third-order valence-electron chi connectivity index (χ3n) is 5.55. The summed E-state index contributed by atoms with van der Waals surface area (Å²) in [5, 5.41) is 2.23. The van der Waals surface area contributed by atoms with Crippen LogP contribution >= 0.6 is 0 Å². The van der Waals surface area contributed by atoms with Gasteiger partial charge in [-0.15, -0.1) is 0 Å². The number of fused-ring (bicyclic) bond motifs is 1. The van der Waals surface area contributed by atoms with Crippen molar-refractivity contribution >= 4 is 28.5 Å². The Kier molecular flexibility index (Phi) is 6.52. The molecule has 6 heteroatoms. The molecular formula is C22H30N3O3+. The maximum atomic E-state index is 13.3. The van der Waals surface area contributed by atoms with Crippen LogP contribution in [0.2, 0.25) is 0 Å². The Morgan fingerprint density at radius 2 is 1.79 bits per heavy atom. The second-order valence-electron chi connectivity index (χ2n) is 7.15. The summed E-state index contributed by atoms with van der Waals surface area (Å²) in [5.41, 5.74) is 0.960. The quantitative estimate of drug-likeness (QED) is 0.857. The molecule has 1 saturated heterocycles. The molecule has 150 valence electrons. The fourth-order valence-electron chi connectivity index (χ4n) is 3.92. The van der Waals surface area contributed by atoms with Gasteiger partial charge < -0.3 is 14.5 Å². The van der Waals surface area contributed by atoms with Gasteiger partial charge in [-0.1, -0.05) is 36.4 Å². The molecule has 6 nitrogen and oxygen atoms in total. The van der Waals surface area contributed by atoms with Crippen molar-refractivity contribution in [3.05, 3.63) is 42.5 Å². The Hall–Kier alpha value is -2.60. The van der Waals surface area contributed by atoms with Crippen LogP contribution in [0.25, 0.3) is 10.8 Å². The van der Waals surface area contributed by atoms with E-state index in [0.717, 1.165) is 29.5 Å². The van der Waals surface area contributed by atoms with E-state index in [0.29, 0.717) is 26.2 Å². The predicted octanol–water partition coefficient (Wildman–Crippen LogP) is 1.94. The number of amides is 2. The number of nitrogens with zero attached hydrogens (tertiary/aromatic N) is 2. The molecule has 2 aromatic carbocycles. The summed E-state index contributed by atoms with van der Waals surface area (Å²) >= 11 is 0. The second kappa shape index (κ2) is 9.06. The van der Waals surface area contributed by atoms with Gasteiger partial charge in [0.05, 0.1) is 38.5 Å². The lowest BCUT2D eigenvalue weighted by Crippen LogP contribution is -3.19. The van der Waals surface area contributed by atoms with Crippen molar-refractivity contribution in [3.8, 4) is 0 Å². The van der Waals surface area contributed by atoms with Gasteiger partial charge in [-0.25, -0.2) is 4.79 Å². The first-order valence-corrected chi connectivity index (χ1v) is 10.1. The van der Waals surface area contributed by atoms with Crippen LogP contribution in [-0.2, 0) is 9.53 Å². The maximum absolute atomic E-state index is 13.3. The molecule has 1 aliphatic heterocycles. The number of carbonyl (C=O) groups excluding carboxylic acids is 2. The number of benzene rings is 2. The molecular weight excluding hydrogens is 354 g/mol. The number of rotatable bonds is 5. The molecule has 0 radical (unpaired) electrons. The highest BCUT2D eigenvalue weighted by molar-refractivity contribution is 6.04. The highest BCUT2D eigenvalue weighted by Crippen LogP contribution is 2.27. The SMILES string of the molecule is CCOC(=O)N1CC[NH+]([C@H](C)C(=O)N(CC)c2cccc3ccccc23)CC1. The Morgan fingerprint density at radius 1 is 1.11 bits per heavy atom. The fraction of sp³-hybridized carbons (Fsp3) is 0.455. The van der Waals surface area contributed by atoms with Crippen LogP contribution in [0, 0.1) is 0 Å². The average Bonchev–Trinajstić information content (AvgIpc) is 2.74. The Labute approximate surface area is 166 Å². The summed E-state index contributed by atoms with van der Waals surface area (Å²) in [6, 6.07) is 14.1. The molecule has 0 bridgehead atoms. The molecule has 1 N–H and O–H groups in total. The standard InChI is InChI=1S/C22H29N3O3/c1-4-25(20-12-8-10-18-9-6-7-11-19(18)20)21(26)17(3)23-13-15-24(16-14-23)22(27)28-5-2/h6-12,17H,4-5,13-16H2,1-3H3/p+1/t17-/m1/s1. The molecule has 0 unspecified atom stereocenters. The number of hydrogen-bond acceptors (Lipinski definition) is 3. The van der Waals surface area contributed by atoms with Gasteiger partial charge in [-0.05, 0) is 32.2 Å². The minimum absolute atomic E-state index is 0.124. The van der Waals surface area contributed by atoms with E-state index >= 15 is 0 Å². The minimum Gasteiger partial charge on any atom is -0.450 e. The van der Waals surface area contributed by atoms with Crippen LogP contribution in [-0.4, -0.2) is 62.3 Å². The molecule has 1 aliphatic rings. The maximum Gasteiger partial charge on any atom is 0.410 e. The zero-order valence-corrected chi connectivity index (χ0v) is 17.0. The predicted molar refractivity (Wildman–Crippen MR) is 111 cm³/mol. The van der Waals surface area contributed by atoms with E-state index in [4.69, 9.17) is 4.74 Å². The number of likely N-dealkylation sites (N-methyl/N-ethyl adjacent to an activating group) is 1. The number of carbonyl (C=O) groups is 2. The first kappa shape index (κ1) is 20.1. The molecule has 2 aromatic rings. The summed E-state index contributed by atoms with van der Waals surface area (Å²) < 4.78 is 5.08. The van der Waals surface area contributed by atoms with E-state index in [2.05, 4.69) is 18.2 Å². The van der Waals surface area contributed by atoms with Crippen molar-refractivity contribution in [1.82, 2.24) is 4.90 Å².